The van der Waals surface area contributed by atoms with Gasteiger partial charge in [0.15, 0.2) is 0 Å². The third-order valence-electron chi connectivity index (χ3n) is 5.79. The Hall–Kier alpha value is -3.93. The predicted octanol–water partition coefficient (Wildman–Crippen LogP) is 3.64. The van der Waals surface area contributed by atoms with E-state index >= 15 is 0 Å². The third kappa shape index (κ3) is 4.70. The zero-order valence-corrected chi connectivity index (χ0v) is 17.7. The van der Waals surface area contributed by atoms with Gasteiger partial charge in [-0.25, -0.2) is 0 Å². The Morgan fingerprint density at radius 2 is 1.66 bits per heavy atom. The fourth-order valence-corrected chi connectivity index (χ4v) is 4.15. The van der Waals surface area contributed by atoms with Crippen molar-refractivity contribution in [2.45, 2.75) is 31.3 Å². The van der Waals surface area contributed by atoms with Crippen LogP contribution >= 0.6 is 0 Å². The lowest BCUT2D eigenvalue weighted by atomic mass is 9.87. The summed E-state index contributed by atoms with van der Waals surface area (Å²) in [5.41, 5.74) is 9.44. The van der Waals surface area contributed by atoms with Gasteiger partial charge in [-0.05, 0) is 48.1 Å². The number of nitrogen functional groups attached to an aromatic ring is 1. The molecule has 0 bridgehead atoms. The van der Waals surface area contributed by atoms with Gasteiger partial charge in [-0.1, -0.05) is 66.7 Å². The van der Waals surface area contributed by atoms with Crippen LogP contribution < -0.4 is 16.4 Å². The first kappa shape index (κ1) is 21.3. The lowest BCUT2D eigenvalue weighted by Gasteiger charge is -2.28. The first-order valence-electron chi connectivity index (χ1n) is 10.7. The number of nitrogens with two attached hydrogens (primary N) is 1. The average molecular weight is 427 g/mol. The van der Waals surface area contributed by atoms with Gasteiger partial charge in [0.1, 0.15) is 11.9 Å². The van der Waals surface area contributed by atoms with Gasteiger partial charge in [-0.15, -0.1) is 0 Å². The Morgan fingerprint density at radius 3 is 2.44 bits per heavy atom. The molecule has 0 aromatic heterocycles. The quantitative estimate of drug-likeness (QED) is 0.357. The van der Waals surface area contributed by atoms with Crippen molar-refractivity contribution in [3.63, 3.8) is 0 Å². The average Bonchev–Trinajstić information content (AvgIpc) is 2.83. The molecule has 4 rings (SSSR count). The number of amides is 2. The Balaban J connectivity index is 1.58. The summed E-state index contributed by atoms with van der Waals surface area (Å²) in [6.07, 6.45) is 2.87. The van der Waals surface area contributed by atoms with E-state index in [-0.39, 0.29) is 17.8 Å². The highest BCUT2D eigenvalue weighted by Gasteiger charge is 2.28. The molecule has 1 aliphatic rings. The second-order valence-electron chi connectivity index (χ2n) is 7.96. The molecular weight excluding hydrogens is 400 g/mol. The zero-order chi connectivity index (χ0) is 22.5. The van der Waals surface area contributed by atoms with E-state index in [0.717, 1.165) is 24.8 Å². The Bertz CT molecular complexity index is 1140. The van der Waals surface area contributed by atoms with Gasteiger partial charge < -0.3 is 16.4 Å². The standard InChI is InChI=1S/C26H26N4O2/c27-24(28)19-12-6-13-20(16-19)25(31)30-23(18-9-2-1-3-10-18)26(32)29-22-15-7-11-17-8-4-5-14-21(17)22/h1-6,8-10,12-14,16,22-23H,7,11,15H2,(H3,27,28)(H,29,32)(H,30,31)/t22?,23-/m1/s1. The zero-order valence-electron chi connectivity index (χ0n) is 17.7. The number of carbonyl (C=O) groups excluding carboxylic acids is 2. The molecular formula is C26H26N4O2. The lowest BCUT2D eigenvalue weighted by molar-refractivity contribution is -0.124. The van der Waals surface area contributed by atoms with Gasteiger partial charge in [-0.2, -0.15) is 0 Å². The van der Waals surface area contributed by atoms with Crippen molar-refractivity contribution in [1.29, 1.82) is 5.41 Å². The summed E-state index contributed by atoms with van der Waals surface area (Å²) in [6, 6.07) is 23.0. The van der Waals surface area contributed by atoms with Gasteiger partial charge in [0.25, 0.3) is 5.91 Å². The smallest absolute Gasteiger partial charge is 0.252 e. The molecule has 0 fully saturated rings. The normalized spacial score (nSPS) is 15.8. The number of hydrogen-bond donors (Lipinski definition) is 4. The number of nitrogens with one attached hydrogen (secondary N) is 3. The van der Waals surface area contributed by atoms with Crippen LogP contribution in [0.2, 0.25) is 0 Å². The van der Waals surface area contributed by atoms with E-state index in [1.54, 1.807) is 24.3 Å². The predicted molar refractivity (Wildman–Crippen MR) is 124 cm³/mol. The molecule has 1 aliphatic carbocycles. The van der Waals surface area contributed by atoms with Crippen LogP contribution in [0.15, 0.2) is 78.9 Å². The summed E-state index contributed by atoms with van der Waals surface area (Å²) in [4.78, 5) is 26.4. The van der Waals surface area contributed by atoms with E-state index in [1.165, 1.54) is 5.56 Å². The van der Waals surface area contributed by atoms with E-state index in [4.69, 9.17) is 11.1 Å². The van der Waals surface area contributed by atoms with Crippen LogP contribution in [0.25, 0.3) is 0 Å². The van der Waals surface area contributed by atoms with Crippen LogP contribution in [0.3, 0.4) is 0 Å². The van der Waals surface area contributed by atoms with E-state index in [9.17, 15) is 9.59 Å². The summed E-state index contributed by atoms with van der Waals surface area (Å²) < 4.78 is 0. The molecule has 0 saturated heterocycles. The molecule has 2 amide bonds. The van der Waals surface area contributed by atoms with Crippen molar-refractivity contribution < 1.29 is 9.59 Å². The van der Waals surface area contributed by atoms with E-state index in [1.807, 2.05) is 42.5 Å². The second kappa shape index (κ2) is 9.47. The van der Waals surface area contributed by atoms with Crippen LogP contribution in [0.5, 0.6) is 0 Å². The van der Waals surface area contributed by atoms with E-state index in [0.29, 0.717) is 16.7 Å². The molecule has 0 saturated carbocycles. The summed E-state index contributed by atoms with van der Waals surface area (Å²) in [6.45, 7) is 0. The number of aryl methyl sites for hydroxylation is 1. The number of rotatable bonds is 6. The molecule has 0 spiro atoms. The maximum Gasteiger partial charge on any atom is 0.252 e. The Kier molecular flexibility index (Phi) is 6.31. The third-order valence-corrected chi connectivity index (χ3v) is 5.79. The van der Waals surface area contributed by atoms with Crippen LogP contribution in [-0.4, -0.2) is 17.6 Å². The van der Waals surface area contributed by atoms with Crippen molar-refractivity contribution >= 4 is 17.6 Å². The molecule has 6 heteroatoms. The van der Waals surface area contributed by atoms with E-state index in [2.05, 4.69) is 22.8 Å². The fourth-order valence-electron chi connectivity index (χ4n) is 4.15. The van der Waals surface area contributed by atoms with Crippen LogP contribution in [0.1, 0.15) is 57.5 Å². The van der Waals surface area contributed by atoms with Crippen LogP contribution in [0.4, 0.5) is 0 Å². The van der Waals surface area contributed by atoms with Crippen molar-refractivity contribution in [3.8, 4) is 0 Å². The number of fused-ring (bicyclic) bond motifs is 1. The molecule has 0 heterocycles. The highest BCUT2D eigenvalue weighted by molar-refractivity contribution is 6.01. The highest BCUT2D eigenvalue weighted by atomic mass is 16.2. The first-order chi connectivity index (χ1) is 15.5. The SMILES string of the molecule is N=C(N)c1cccc(C(=O)N[C@@H](C(=O)NC2CCCc3ccccc32)c2ccccc2)c1. The molecule has 6 nitrogen and oxygen atoms in total. The fraction of sp³-hybridized carbons (Fsp3) is 0.192. The maximum atomic E-state index is 13.4. The topological polar surface area (TPSA) is 108 Å². The van der Waals surface area contributed by atoms with Gasteiger partial charge in [0, 0.05) is 11.1 Å². The summed E-state index contributed by atoms with van der Waals surface area (Å²) in [5, 5.41) is 13.6. The van der Waals surface area contributed by atoms with Gasteiger partial charge in [-0.3, -0.25) is 15.0 Å². The summed E-state index contributed by atoms with van der Waals surface area (Å²) >= 11 is 0. The minimum absolute atomic E-state index is 0.0865. The molecule has 1 unspecified atom stereocenters. The molecule has 32 heavy (non-hydrogen) atoms. The number of hydrogen-bond acceptors (Lipinski definition) is 3. The number of benzene rings is 3. The maximum absolute atomic E-state index is 13.4. The first-order valence-corrected chi connectivity index (χ1v) is 10.7. The van der Waals surface area contributed by atoms with Gasteiger partial charge in [0.05, 0.1) is 6.04 Å². The molecule has 5 N–H and O–H groups in total. The van der Waals surface area contributed by atoms with Crippen LogP contribution in [-0.2, 0) is 11.2 Å². The molecule has 3 aromatic carbocycles. The largest absolute Gasteiger partial charge is 0.384 e. The monoisotopic (exact) mass is 426 g/mol. The molecule has 0 aliphatic heterocycles. The van der Waals surface area contributed by atoms with Gasteiger partial charge in [0.2, 0.25) is 5.91 Å². The minimum Gasteiger partial charge on any atom is -0.384 e. The molecule has 3 aromatic rings. The van der Waals surface area contributed by atoms with Gasteiger partial charge >= 0.3 is 0 Å². The minimum atomic E-state index is -0.848. The van der Waals surface area contributed by atoms with Crippen molar-refractivity contribution in [1.82, 2.24) is 10.6 Å². The van der Waals surface area contributed by atoms with Crippen molar-refractivity contribution in [2.75, 3.05) is 0 Å². The summed E-state index contributed by atoms with van der Waals surface area (Å²) in [7, 11) is 0. The molecule has 162 valence electrons. The molecule has 0 radical (unpaired) electrons. The summed E-state index contributed by atoms with van der Waals surface area (Å²) in [5.74, 6) is -0.775. The Morgan fingerprint density at radius 1 is 0.938 bits per heavy atom. The van der Waals surface area contributed by atoms with E-state index < -0.39 is 11.9 Å². The second-order valence-corrected chi connectivity index (χ2v) is 7.96. The lowest BCUT2D eigenvalue weighted by Crippen LogP contribution is -2.42. The van der Waals surface area contributed by atoms with Crippen LogP contribution in [0, 0.1) is 5.41 Å². The Labute approximate surface area is 187 Å². The number of amidine groups is 1. The highest BCUT2D eigenvalue weighted by Crippen LogP contribution is 2.30. The van der Waals surface area contributed by atoms with Crippen molar-refractivity contribution in [3.05, 3.63) is 107 Å². The number of carbonyl (C=O) groups is 2. The van der Waals surface area contributed by atoms with Crippen molar-refractivity contribution in [2.24, 2.45) is 5.73 Å². The molecule has 2 atom stereocenters.